The molecule has 1 fully saturated rings. The van der Waals surface area contributed by atoms with Crippen LogP contribution in [0, 0.1) is 0 Å². The maximum absolute atomic E-state index is 11.5. The molecule has 5 heteroatoms. The van der Waals surface area contributed by atoms with Gasteiger partial charge in [-0.1, -0.05) is 0 Å². The van der Waals surface area contributed by atoms with E-state index in [9.17, 15) is 8.78 Å². The second kappa shape index (κ2) is 3.58. The average Bonchev–Trinajstić information content (AvgIpc) is 1.32. The number of hydrogen-bond acceptors (Lipinski definition) is 1. The molecule has 0 unspecified atom stereocenters. The van der Waals surface area contributed by atoms with Crippen molar-refractivity contribution in [2.24, 2.45) is 0 Å². The molecule has 1 N–H and O–H groups in total. The largest absolute Gasteiger partial charge is 0.305 e. The van der Waals surface area contributed by atoms with E-state index in [1.54, 1.807) is 0 Å². The lowest BCUT2D eigenvalue weighted by Gasteiger charge is -2.25. The minimum Gasteiger partial charge on any atom is -0.305 e. The second-order valence-electron chi connectivity index (χ2n) is 1.46. The molecule has 0 saturated carbocycles. The molecule has 1 rings (SSSR count). The lowest BCUT2D eigenvalue weighted by molar-refractivity contribution is -0.0475. The van der Waals surface area contributed by atoms with Gasteiger partial charge in [0.15, 0.2) is 0 Å². The third-order valence-electron chi connectivity index (χ3n) is 0.767. The Morgan fingerprint density at radius 2 is 1.50 bits per heavy atom. The molecule has 8 heavy (non-hydrogen) atoms. The van der Waals surface area contributed by atoms with E-state index in [-0.39, 0.29) is 42.5 Å². The Morgan fingerprint density at radius 3 is 1.50 bits per heavy atom. The summed E-state index contributed by atoms with van der Waals surface area (Å²) in [6.07, 6.45) is 0. The molecule has 0 bridgehead atoms. The fraction of sp³-hybridized carbons (Fsp3) is 1.00. The van der Waals surface area contributed by atoms with Crippen molar-refractivity contribution in [2.45, 2.75) is 5.92 Å². The number of hydrogen-bond donors (Lipinski definition) is 1. The molecule has 1 nitrogen and oxygen atoms in total. The molecule has 1 heterocycles. The van der Waals surface area contributed by atoms with Gasteiger partial charge in [-0.3, -0.25) is 0 Å². The van der Waals surface area contributed by atoms with Crippen LogP contribution < -0.4 is 5.32 Å². The summed E-state index contributed by atoms with van der Waals surface area (Å²) in [6.45, 7) is -0.264. The maximum Gasteiger partial charge on any atom is 0.272 e. The van der Waals surface area contributed by atoms with Gasteiger partial charge in [0.05, 0.1) is 13.1 Å². The van der Waals surface area contributed by atoms with Crippen LogP contribution in [0.25, 0.3) is 0 Å². The summed E-state index contributed by atoms with van der Waals surface area (Å²) in [5.41, 5.74) is 0. The lowest BCUT2D eigenvalue weighted by atomic mass is 10.2. The lowest BCUT2D eigenvalue weighted by Crippen LogP contribution is -2.52. The van der Waals surface area contributed by atoms with Crippen LogP contribution in [0.15, 0.2) is 0 Å². The quantitative estimate of drug-likeness (QED) is 0.634. The smallest absolute Gasteiger partial charge is 0.272 e. The monoisotopic (exact) mass is 209 g/mol. The SMILES string of the molecule is Br.Cl.FC1(F)CNC1. The Bertz CT molecular complexity index is 64.3. The normalized spacial score (nSPS) is 21.8. The van der Waals surface area contributed by atoms with E-state index in [4.69, 9.17) is 0 Å². The zero-order chi connectivity index (χ0) is 4.62. The van der Waals surface area contributed by atoms with Crippen molar-refractivity contribution in [3.8, 4) is 0 Å². The van der Waals surface area contributed by atoms with Gasteiger partial charge in [0.25, 0.3) is 5.92 Å². The van der Waals surface area contributed by atoms with Gasteiger partial charge < -0.3 is 5.32 Å². The summed E-state index contributed by atoms with van der Waals surface area (Å²) in [7, 11) is 0. The van der Waals surface area contributed by atoms with Crippen molar-refractivity contribution in [2.75, 3.05) is 13.1 Å². The highest BCUT2D eigenvalue weighted by molar-refractivity contribution is 8.93. The molecule has 0 aromatic carbocycles. The highest BCUT2D eigenvalue weighted by atomic mass is 79.9. The van der Waals surface area contributed by atoms with Crippen LogP contribution in [-0.4, -0.2) is 19.0 Å². The van der Waals surface area contributed by atoms with Crippen molar-refractivity contribution in [1.29, 1.82) is 0 Å². The maximum atomic E-state index is 11.5. The van der Waals surface area contributed by atoms with Gasteiger partial charge >= 0.3 is 0 Å². The average molecular weight is 210 g/mol. The van der Waals surface area contributed by atoms with Crippen molar-refractivity contribution in [3.05, 3.63) is 0 Å². The summed E-state index contributed by atoms with van der Waals surface area (Å²) in [5.74, 6) is -2.39. The molecule has 0 aromatic rings. The van der Waals surface area contributed by atoms with Gasteiger partial charge in [-0.25, -0.2) is 8.78 Å². The zero-order valence-corrected chi connectivity index (χ0v) is 6.52. The van der Waals surface area contributed by atoms with Crippen LogP contribution in [0.3, 0.4) is 0 Å². The van der Waals surface area contributed by atoms with Crippen molar-refractivity contribution in [3.63, 3.8) is 0 Å². The Balaban J connectivity index is 0. The molecule has 1 aliphatic rings. The number of nitrogens with one attached hydrogen (secondary N) is 1. The van der Waals surface area contributed by atoms with Crippen LogP contribution in [-0.2, 0) is 0 Å². The van der Waals surface area contributed by atoms with Crippen molar-refractivity contribution < 1.29 is 8.78 Å². The summed E-state index contributed by atoms with van der Waals surface area (Å²) in [5, 5.41) is 2.45. The number of rotatable bonds is 0. The van der Waals surface area contributed by atoms with Crippen LogP contribution in [0.5, 0.6) is 0 Å². The third-order valence-corrected chi connectivity index (χ3v) is 0.767. The van der Waals surface area contributed by atoms with Crippen LogP contribution in [0.2, 0.25) is 0 Å². The van der Waals surface area contributed by atoms with Crippen LogP contribution in [0.1, 0.15) is 0 Å². The molecule has 0 atom stereocenters. The highest BCUT2D eigenvalue weighted by Crippen LogP contribution is 2.16. The van der Waals surface area contributed by atoms with E-state index in [0.29, 0.717) is 0 Å². The van der Waals surface area contributed by atoms with Crippen molar-refractivity contribution >= 4 is 29.4 Å². The predicted molar refractivity (Wildman–Crippen MR) is 35.4 cm³/mol. The van der Waals surface area contributed by atoms with Gasteiger partial charge in [-0.05, 0) is 0 Å². The summed E-state index contributed by atoms with van der Waals surface area (Å²) < 4.78 is 23.0. The first kappa shape index (κ1) is 11.4. The van der Waals surface area contributed by atoms with E-state index >= 15 is 0 Å². The Kier molecular flexibility index (Phi) is 5.10. The topological polar surface area (TPSA) is 12.0 Å². The van der Waals surface area contributed by atoms with Gasteiger partial charge in [-0.15, -0.1) is 29.4 Å². The standard InChI is InChI=1S/C3H5F2N.BrH.ClH/c4-3(5)1-6-2-3;;/h6H,1-2H2;2*1H. The minimum atomic E-state index is -2.39. The number of alkyl halides is 2. The summed E-state index contributed by atoms with van der Waals surface area (Å²) in [6, 6.07) is 0. The zero-order valence-electron chi connectivity index (χ0n) is 3.99. The summed E-state index contributed by atoms with van der Waals surface area (Å²) in [4.78, 5) is 0. The molecule has 0 aliphatic carbocycles. The van der Waals surface area contributed by atoms with E-state index in [1.807, 2.05) is 0 Å². The fourth-order valence-electron chi connectivity index (χ4n) is 0.314. The second-order valence-corrected chi connectivity index (χ2v) is 1.46. The van der Waals surface area contributed by atoms with E-state index < -0.39 is 5.92 Å². The highest BCUT2D eigenvalue weighted by Gasteiger charge is 2.36. The third kappa shape index (κ3) is 2.79. The Labute approximate surface area is 63.0 Å². The molecule has 0 amide bonds. The first-order valence-corrected chi connectivity index (χ1v) is 1.79. The molecular formula is C3H7BrClF2N. The molecular weight excluding hydrogens is 203 g/mol. The molecule has 0 aromatic heterocycles. The molecule has 0 radical (unpaired) electrons. The summed E-state index contributed by atoms with van der Waals surface area (Å²) >= 11 is 0. The van der Waals surface area contributed by atoms with E-state index in [1.165, 1.54) is 0 Å². The van der Waals surface area contributed by atoms with E-state index in [2.05, 4.69) is 5.32 Å². The van der Waals surface area contributed by atoms with Crippen molar-refractivity contribution in [1.82, 2.24) is 5.32 Å². The van der Waals surface area contributed by atoms with Gasteiger partial charge in [0.1, 0.15) is 0 Å². The van der Waals surface area contributed by atoms with E-state index in [0.717, 1.165) is 0 Å². The predicted octanol–water partition coefficient (Wildman–Crippen LogP) is 1.22. The number of halogens is 4. The van der Waals surface area contributed by atoms with Crippen LogP contribution in [0.4, 0.5) is 8.78 Å². The first-order chi connectivity index (χ1) is 2.71. The Morgan fingerprint density at radius 1 is 1.25 bits per heavy atom. The molecule has 1 aliphatic heterocycles. The first-order valence-electron chi connectivity index (χ1n) is 1.79. The molecule has 52 valence electrons. The minimum absolute atomic E-state index is 0. The van der Waals surface area contributed by atoms with Crippen LogP contribution >= 0.6 is 29.4 Å². The van der Waals surface area contributed by atoms with Gasteiger partial charge in [0, 0.05) is 0 Å². The molecule has 0 spiro atoms. The Hall–Kier alpha value is 0.590. The van der Waals surface area contributed by atoms with Gasteiger partial charge in [-0.2, -0.15) is 0 Å². The molecule has 1 saturated heterocycles. The fourth-order valence-corrected chi connectivity index (χ4v) is 0.314. The van der Waals surface area contributed by atoms with Gasteiger partial charge in [0.2, 0.25) is 0 Å².